The quantitative estimate of drug-likeness (QED) is 0.325. The molecule has 33 heavy (non-hydrogen) atoms. The van der Waals surface area contributed by atoms with Gasteiger partial charge in [0, 0.05) is 24.5 Å². The number of nitrogens with two attached hydrogens (primary N) is 2. The Morgan fingerprint density at radius 3 is 1.21 bits per heavy atom. The summed E-state index contributed by atoms with van der Waals surface area (Å²) < 4.78 is 0. The van der Waals surface area contributed by atoms with Crippen molar-refractivity contribution < 1.29 is 19.2 Å². The average molecular weight is 449 g/mol. The van der Waals surface area contributed by atoms with Crippen LogP contribution >= 0.6 is 0 Å². The number of carbonyl (C=O) groups is 4. The third-order valence-corrected chi connectivity index (χ3v) is 6.25. The lowest BCUT2D eigenvalue weighted by Crippen LogP contribution is -2.30. The van der Waals surface area contributed by atoms with E-state index in [1.807, 2.05) is 0 Å². The van der Waals surface area contributed by atoms with Crippen LogP contribution in [-0.4, -0.2) is 46.5 Å². The zero-order valence-corrected chi connectivity index (χ0v) is 18.5. The van der Waals surface area contributed by atoms with Crippen LogP contribution in [0.3, 0.4) is 0 Å². The van der Waals surface area contributed by atoms with Gasteiger partial charge in [0.1, 0.15) is 0 Å². The Hall–Kier alpha value is -3.68. The molecule has 0 saturated carbocycles. The van der Waals surface area contributed by atoms with Crippen LogP contribution in [0.4, 0.5) is 11.4 Å². The number of nitrogens with zero attached hydrogens (tertiary/aromatic N) is 2. The predicted octanol–water partition coefficient (Wildman–Crippen LogP) is 3.47. The molecule has 4 amide bonds. The number of rotatable bonds is 10. The van der Waals surface area contributed by atoms with Gasteiger partial charge >= 0.3 is 0 Å². The van der Waals surface area contributed by atoms with E-state index in [2.05, 4.69) is 0 Å². The first-order valence-electron chi connectivity index (χ1n) is 11.4. The van der Waals surface area contributed by atoms with Crippen LogP contribution in [0.1, 0.15) is 86.4 Å². The van der Waals surface area contributed by atoms with Gasteiger partial charge < -0.3 is 11.5 Å². The molecule has 4 N–H and O–H groups in total. The molecule has 2 aromatic carbocycles. The summed E-state index contributed by atoms with van der Waals surface area (Å²) in [4.78, 5) is 52.3. The maximum Gasteiger partial charge on any atom is 0.261 e. The number of carbonyl (C=O) groups excluding carboxylic acids is 4. The number of anilines is 2. The van der Waals surface area contributed by atoms with E-state index in [4.69, 9.17) is 11.5 Å². The van der Waals surface area contributed by atoms with Gasteiger partial charge in [-0.25, -0.2) is 0 Å². The van der Waals surface area contributed by atoms with Crippen LogP contribution in [0.25, 0.3) is 0 Å². The number of nitrogen functional groups attached to an aromatic ring is 2. The molecule has 2 heterocycles. The summed E-state index contributed by atoms with van der Waals surface area (Å²) in [6.45, 7) is 0.826. The van der Waals surface area contributed by atoms with Crippen LogP contribution < -0.4 is 11.5 Å². The lowest BCUT2D eigenvalue weighted by molar-refractivity contribution is 0.0636. The van der Waals surface area contributed by atoms with Gasteiger partial charge in [-0.1, -0.05) is 32.1 Å². The average Bonchev–Trinajstić information content (AvgIpc) is 3.17. The van der Waals surface area contributed by atoms with E-state index >= 15 is 0 Å². The topological polar surface area (TPSA) is 127 Å². The largest absolute Gasteiger partial charge is 0.399 e. The van der Waals surface area contributed by atoms with Crippen LogP contribution in [0, 0.1) is 0 Å². The van der Waals surface area contributed by atoms with Gasteiger partial charge in [0.05, 0.1) is 22.3 Å². The highest BCUT2D eigenvalue weighted by atomic mass is 16.2. The molecule has 0 radical (unpaired) electrons. The number of unbranched alkanes of at least 4 members (excludes halogenated alkanes) is 6. The SMILES string of the molecule is Nc1ccc2c(c1)C(=O)N(CCCCCCCCCN1C(=O)c3ccc(N)cc3C1=O)C2=O. The van der Waals surface area contributed by atoms with Gasteiger partial charge in [0.2, 0.25) is 0 Å². The van der Waals surface area contributed by atoms with E-state index in [0.717, 1.165) is 44.9 Å². The Kier molecular flexibility index (Phi) is 6.44. The van der Waals surface area contributed by atoms with Crippen molar-refractivity contribution in [1.82, 2.24) is 9.80 Å². The molecule has 0 saturated heterocycles. The molecule has 8 heteroatoms. The second kappa shape index (κ2) is 9.44. The van der Waals surface area contributed by atoms with Crippen molar-refractivity contribution in [1.29, 1.82) is 0 Å². The summed E-state index contributed by atoms with van der Waals surface area (Å²) in [5.74, 6) is -1.02. The van der Waals surface area contributed by atoms with E-state index < -0.39 is 0 Å². The maximum atomic E-state index is 12.4. The van der Waals surface area contributed by atoms with Gasteiger partial charge in [0.25, 0.3) is 23.6 Å². The first-order valence-corrected chi connectivity index (χ1v) is 11.4. The van der Waals surface area contributed by atoms with Crippen molar-refractivity contribution >= 4 is 35.0 Å². The molecular formula is C25H28N4O4. The predicted molar refractivity (Wildman–Crippen MR) is 125 cm³/mol. The van der Waals surface area contributed by atoms with Crippen molar-refractivity contribution in [2.45, 2.75) is 44.9 Å². The van der Waals surface area contributed by atoms with Crippen molar-refractivity contribution in [3.05, 3.63) is 58.7 Å². The van der Waals surface area contributed by atoms with Crippen molar-refractivity contribution in [2.24, 2.45) is 0 Å². The second-order valence-electron chi connectivity index (χ2n) is 8.61. The van der Waals surface area contributed by atoms with Crippen LogP contribution in [0.5, 0.6) is 0 Å². The Morgan fingerprint density at radius 1 is 0.485 bits per heavy atom. The van der Waals surface area contributed by atoms with Gasteiger partial charge in [-0.15, -0.1) is 0 Å². The molecule has 2 aromatic rings. The van der Waals surface area contributed by atoms with Crippen molar-refractivity contribution in [2.75, 3.05) is 24.6 Å². The molecule has 172 valence electrons. The molecule has 0 unspecified atom stereocenters. The number of hydrogen-bond donors (Lipinski definition) is 2. The lowest BCUT2D eigenvalue weighted by atomic mass is 10.1. The van der Waals surface area contributed by atoms with E-state index in [-0.39, 0.29) is 23.6 Å². The Balaban J connectivity index is 1.10. The van der Waals surface area contributed by atoms with E-state index in [1.165, 1.54) is 9.80 Å². The summed E-state index contributed by atoms with van der Waals surface area (Å²) in [5.41, 5.74) is 14.0. The molecule has 0 atom stereocenters. The Bertz CT molecular complexity index is 1040. The second-order valence-corrected chi connectivity index (χ2v) is 8.61. The van der Waals surface area contributed by atoms with E-state index in [1.54, 1.807) is 36.4 Å². The van der Waals surface area contributed by atoms with E-state index in [0.29, 0.717) is 46.7 Å². The van der Waals surface area contributed by atoms with Crippen LogP contribution in [0.15, 0.2) is 36.4 Å². The Morgan fingerprint density at radius 2 is 0.818 bits per heavy atom. The highest BCUT2D eigenvalue weighted by Gasteiger charge is 2.36. The van der Waals surface area contributed by atoms with E-state index in [9.17, 15) is 19.2 Å². The normalized spacial score (nSPS) is 14.9. The minimum atomic E-state index is -0.266. The third-order valence-electron chi connectivity index (χ3n) is 6.25. The van der Waals surface area contributed by atoms with Crippen molar-refractivity contribution in [3.63, 3.8) is 0 Å². The summed E-state index contributed by atoms with van der Waals surface area (Å²) in [6.07, 6.45) is 6.41. The first-order chi connectivity index (χ1) is 15.9. The molecule has 0 bridgehead atoms. The number of hydrogen-bond acceptors (Lipinski definition) is 6. The van der Waals surface area contributed by atoms with Crippen LogP contribution in [0.2, 0.25) is 0 Å². The molecule has 8 nitrogen and oxygen atoms in total. The summed E-state index contributed by atoms with van der Waals surface area (Å²) in [7, 11) is 0. The highest BCUT2D eigenvalue weighted by Crippen LogP contribution is 2.26. The zero-order valence-electron chi connectivity index (χ0n) is 18.5. The van der Waals surface area contributed by atoms with Crippen molar-refractivity contribution in [3.8, 4) is 0 Å². The maximum absolute atomic E-state index is 12.4. The lowest BCUT2D eigenvalue weighted by Gasteiger charge is -2.14. The zero-order chi connectivity index (χ0) is 23.5. The minimum absolute atomic E-state index is 0.245. The molecule has 4 rings (SSSR count). The van der Waals surface area contributed by atoms with Gasteiger partial charge in [-0.3, -0.25) is 29.0 Å². The Labute approximate surface area is 192 Å². The summed E-state index contributed by atoms with van der Waals surface area (Å²) >= 11 is 0. The number of imide groups is 2. The molecule has 2 aliphatic rings. The van der Waals surface area contributed by atoms with Crippen LogP contribution in [-0.2, 0) is 0 Å². The molecule has 0 fully saturated rings. The van der Waals surface area contributed by atoms with Gasteiger partial charge in [-0.05, 0) is 49.2 Å². The fourth-order valence-corrected chi connectivity index (χ4v) is 4.45. The smallest absolute Gasteiger partial charge is 0.261 e. The summed E-state index contributed by atoms with van der Waals surface area (Å²) in [5, 5.41) is 0. The first kappa shape index (κ1) is 22.5. The molecular weight excluding hydrogens is 420 g/mol. The molecule has 0 aliphatic carbocycles. The number of fused-ring (bicyclic) bond motifs is 2. The number of benzene rings is 2. The molecule has 0 spiro atoms. The monoisotopic (exact) mass is 448 g/mol. The third kappa shape index (κ3) is 4.46. The fourth-order valence-electron chi connectivity index (χ4n) is 4.45. The molecule has 2 aliphatic heterocycles. The van der Waals surface area contributed by atoms with Gasteiger partial charge in [0.15, 0.2) is 0 Å². The fraction of sp³-hybridized carbons (Fsp3) is 0.360. The minimum Gasteiger partial charge on any atom is -0.399 e. The van der Waals surface area contributed by atoms with Gasteiger partial charge in [-0.2, -0.15) is 0 Å². The highest BCUT2D eigenvalue weighted by molar-refractivity contribution is 6.22. The summed E-state index contributed by atoms with van der Waals surface area (Å²) in [6, 6.07) is 9.63. The molecule has 0 aromatic heterocycles. The number of amides is 4. The standard InChI is InChI=1S/C25H28N4O4/c26-16-8-10-18-20(14-16)24(32)28(22(18)30)12-6-4-2-1-3-5-7-13-29-23(31)19-11-9-17(27)15-21(19)25(29)33/h8-11,14-15H,1-7,12-13,26-27H2.